The lowest BCUT2D eigenvalue weighted by Gasteiger charge is -2.41. The highest BCUT2D eigenvalue weighted by Gasteiger charge is 2.29. The molecule has 1 aliphatic rings. The van der Waals surface area contributed by atoms with Gasteiger partial charge in [-0.2, -0.15) is 13.2 Å². The predicted octanol–water partition coefficient (Wildman–Crippen LogP) is 3.57. The number of aromatic nitrogens is 1. The van der Waals surface area contributed by atoms with Crippen molar-refractivity contribution in [2.24, 2.45) is 4.99 Å². The Morgan fingerprint density at radius 2 is 1.90 bits per heavy atom. The Morgan fingerprint density at radius 3 is 2.52 bits per heavy atom. The number of nitrogens with one attached hydrogen (secondary N) is 2. The van der Waals surface area contributed by atoms with E-state index in [1.54, 1.807) is 13.1 Å². The summed E-state index contributed by atoms with van der Waals surface area (Å²) in [4.78, 5) is 10.5. The fraction of sp³-hybridized carbons (Fsp3) is 0.684. The Hall–Kier alpha value is -1.30. The maximum atomic E-state index is 12.3. The van der Waals surface area contributed by atoms with Gasteiger partial charge in [0.15, 0.2) is 12.6 Å². The van der Waals surface area contributed by atoms with Crippen molar-refractivity contribution in [2.75, 3.05) is 33.3 Å². The highest BCUT2D eigenvalue weighted by molar-refractivity contribution is 14.0. The summed E-state index contributed by atoms with van der Waals surface area (Å²) >= 11 is 0. The molecule has 2 rings (SSSR count). The van der Waals surface area contributed by atoms with Crippen LogP contribution >= 0.6 is 24.0 Å². The first-order valence-corrected chi connectivity index (χ1v) is 9.54. The molecule has 2 heterocycles. The van der Waals surface area contributed by atoms with Crippen LogP contribution in [0.15, 0.2) is 23.3 Å². The van der Waals surface area contributed by atoms with Crippen molar-refractivity contribution >= 4 is 29.9 Å². The molecule has 0 unspecified atom stereocenters. The van der Waals surface area contributed by atoms with Gasteiger partial charge in [0.2, 0.25) is 5.88 Å². The lowest BCUT2D eigenvalue weighted by Crippen LogP contribution is -2.54. The number of guanidine groups is 1. The van der Waals surface area contributed by atoms with E-state index in [1.165, 1.54) is 31.5 Å². The van der Waals surface area contributed by atoms with Crippen LogP contribution in [0, 0.1) is 0 Å². The minimum absolute atomic E-state index is 0. The second-order valence-corrected chi connectivity index (χ2v) is 7.55. The average molecular weight is 529 g/mol. The zero-order chi connectivity index (χ0) is 20.6. The SMILES string of the molecule is CN=C(NCc1ccnc(OCC(F)(F)F)c1)NCC(C)(C)N1CCCCC1.I. The molecule has 10 heteroatoms. The third kappa shape index (κ3) is 9.37. The van der Waals surface area contributed by atoms with Crippen LogP contribution in [-0.4, -0.2) is 60.8 Å². The Labute approximate surface area is 187 Å². The number of piperidine rings is 1. The molecule has 0 bridgehead atoms. The van der Waals surface area contributed by atoms with E-state index in [0.29, 0.717) is 12.5 Å². The lowest BCUT2D eigenvalue weighted by atomic mass is 9.98. The molecule has 0 aromatic carbocycles. The standard InChI is InChI=1S/C19H30F3N5O.HI/c1-18(2,27-9-5-4-6-10-27)13-26-17(23-3)25-12-15-7-8-24-16(11-15)28-14-19(20,21)22;/h7-8,11H,4-6,9-10,12-14H2,1-3H3,(H2,23,25,26);1H. The number of rotatable bonds is 7. The first kappa shape index (κ1) is 25.7. The zero-order valence-corrected chi connectivity index (χ0v) is 19.5. The molecule has 0 aliphatic carbocycles. The topological polar surface area (TPSA) is 61.8 Å². The Morgan fingerprint density at radius 1 is 1.21 bits per heavy atom. The molecule has 0 radical (unpaired) electrons. The van der Waals surface area contributed by atoms with E-state index in [1.807, 2.05) is 0 Å². The number of alkyl halides is 3. The van der Waals surface area contributed by atoms with E-state index in [-0.39, 0.29) is 35.4 Å². The first-order valence-electron chi connectivity index (χ1n) is 9.54. The van der Waals surface area contributed by atoms with Crippen LogP contribution < -0.4 is 15.4 Å². The summed E-state index contributed by atoms with van der Waals surface area (Å²) in [6.07, 6.45) is 0.805. The van der Waals surface area contributed by atoms with Crippen LogP contribution in [0.3, 0.4) is 0 Å². The number of hydrogen-bond donors (Lipinski definition) is 2. The van der Waals surface area contributed by atoms with Crippen molar-refractivity contribution in [2.45, 2.75) is 51.4 Å². The fourth-order valence-corrected chi connectivity index (χ4v) is 3.11. The second kappa shape index (κ2) is 11.8. The molecule has 0 amide bonds. The van der Waals surface area contributed by atoms with Gasteiger partial charge in [-0.1, -0.05) is 6.42 Å². The van der Waals surface area contributed by atoms with Crippen molar-refractivity contribution in [3.63, 3.8) is 0 Å². The van der Waals surface area contributed by atoms with Crippen LogP contribution in [0.25, 0.3) is 0 Å². The molecule has 29 heavy (non-hydrogen) atoms. The van der Waals surface area contributed by atoms with Crippen molar-refractivity contribution < 1.29 is 17.9 Å². The number of hydrogen-bond acceptors (Lipinski definition) is 4. The first-order chi connectivity index (χ1) is 13.2. The van der Waals surface area contributed by atoms with Gasteiger partial charge in [0.05, 0.1) is 0 Å². The maximum Gasteiger partial charge on any atom is 0.422 e. The summed E-state index contributed by atoms with van der Waals surface area (Å²) in [5.41, 5.74) is 0.762. The highest BCUT2D eigenvalue weighted by atomic mass is 127. The second-order valence-electron chi connectivity index (χ2n) is 7.55. The molecule has 1 aromatic rings. The summed E-state index contributed by atoms with van der Waals surface area (Å²) in [5, 5.41) is 6.51. The van der Waals surface area contributed by atoms with Gasteiger partial charge in [-0.25, -0.2) is 4.98 Å². The fourth-order valence-electron chi connectivity index (χ4n) is 3.11. The van der Waals surface area contributed by atoms with Gasteiger partial charge in [-0.15, -0.1) is 24.0 Å². The molecule has 2 N–H and O–H groups in total. The lowest BCUT2D eigenvalue weighted by molar-refractivity contribution is -0.154. The summed E-state index contributed by atoms with van der Waals surface area (Å²) in [7, 11) is 1.69. The number of aliphatic imine (C=N–C) groups is 1. The van der Waals surface area contributed by atoms with Gasteiger partial charge < -0.3 is 15.4 Å². The van der Waals surface area contributed by atoms with Crippen LogP contribution in [-0.2, 0) is 6.54 Å². The molecular weight excluding hydrogens is 498 g/mol. The number of likely N-dealkylation sites (tertiary alicyclic amines) is 1. The van der Waals surface area contributed by atoms with Crippen molar-refractivity contribution in [3.8, 4) is 5.88 Å². The largest absolute Gasteiger partial charge is 0.468 e. The Bertz CT molecular complexity index is 649. The van der Waals surface area contributed by atoms with Crippen molar-refractivity contribution in [3.05, 3.63) is 23.9 Å². The molecule has 0 spiro atoms. The van der Waals surface area contributed by atoms with Crippen molar-refractivity contribution in [1.82, 2.24) is 20.5 Å². The number of ether oxygens (including phenoxy) is 1. The predicted molar refractivity (Wildman–Crippen MR) is 119 cm³/mol. The zero-order valence-electron chi connectivity index (χ0n) is 17.2. The van der Waals surface area contributed by atoms with Gasteiger partial charge in [-0.05, 0) is 51.4 Å². The molecule has 1 aromatic heterocycles. The van der Waals surface area contributed by atoms with Crippen molar-refractivity contribution in [1.29, 1.82) is 0 Å². The van der Waals surface area contributed by atoms with Crippen LogP contribution in [0.1, 0.15) is 38.7 Å². The molecule has 0 atom stereocenters. The van der Waals surface area contributed by atoms with Crippen LogP contribution in [0.4, 0.5) is 13.2 Å². The van der Waals surface area contributed by atoms with Gasteiger partial charge in [0.25, 0.3) is 0 Å². The normalized spacial score (nSPS) is 16.1. The molecule has 166 valence electrons. The van der Waals surface area contributed by atoms with E-state index in [9.17, 15) is 13.2 Å². The van der Waals surface area contributed by atoms with E-state index in [0.717, 1.165) is 25.2 Å². The minimum Gasteiger partial charge on any atom is -0.468 e. The molecule has 1 saturated heterocycles. The Kier molecular flexibility index (Phi) is 10.4. The average Bonchev–Trinajstić information content (AvgIpc) is 2.67. The van der Waals surface area contributed by atoms with Gasteiger partial charge in [0.1, 0.15) is 0 Å². The van der Waals surface area contributed by atoms with Crippen LogP contribution in [0.2, 0.25) is 0 Å². The summed E-state index contributed by atoms with van der Waals surface area (Å²) in [6, 6.07) is 3.21. The van der Waals surface area contributed by atoms with E-state index < -0.39 is 12.8 Å². The van der Waals surface area contributed by atoms with E-state index in [2.05, 4.69) is 44.1 Å². The molecule has 0 saturated carbocycles. The molecule has 6 nitrogen and oxygen atoms in total. The third-order valence-electron chi connectivity index (χ3n) is 4.77. The smallest absolute Gasteiger partial charge is 0.422 e. The Balaban J connectivity index is 0.00000420. The van der Waals surface area contributed by atoms with Crippen LogP contribution in [0.5, 0.6) is 5.88 Å². The van der Waals surface area contributed by atoms with Gasteiger partial charge in [0, 0.05) is 37.9 Å². The summed E-state index contributed by atoms with van der Waals surface area (Å²) < 4.78 is 41.5. The van der Waals surface area contributed by atoms with Gasteiger partial charge >= 0.3 is 6.18 Å². The highest BCUT2D eigenvalue weighted by Crippen LogP contribution is 2.20. The number of pyridine rings is 1. The van der Waals surface area contributed by atoms with Gasteiger partial charge in [-0.3, -0.25) is 9.89 Å². The third-order valence-corrected chi connectivity index (χ3v) is 4.77. The molecule has 1 fully saturated rings. The number of nitrogens with zero attached hydrogens (tertiary/aromatic N) is 3. The quantitative estimate of drug-likeness (QED) is 0.322. The minimum atomic E-state index is -4.39. The maximum absolute atomic E-state index is 12.3. The number of halogens is 4. The summed E-state index contributed by atoms with van der Waals surface area (Å²) in [6.45, 7) is 6.43. The monoisotopic (exact) mass is 529 g/mol. The van der Waals surface area contributed by atoms with E-state index in [4.69, 9.17) is 0 Å². The molecule has 1 aliphatic heterocycles. The molecular formula is C19H31F3IN5O. The summed E-state index contributed by atoms with van der Waals surface area (Å²) in [5.74, 6) is 0.588. The van der Waals surface area contributed by atoms with E-state index >= 15 is 0 Å².